The maximum absolute atomic E-state index is 12.3. The second-order valence-corrected chi connectivity index (χ2v) is 5.54. The highest BCUT2D eigenvalue weighted by molar-refractivity contribution is 5.84. The fourth-order valence-electron chi connectivity index (χ4n) is 2.37. The molecule has 1 saturated heterocycles. The minimum atomic E-state index is 0.0457. The Labute approximate surface area is 112 Å². The van der Waals surface area contributed by atoms with E-state index in [0.29, 0.717) is 11.9 Å². The number of hydrogen-bond acceptors (Lipinski definition) is 3. The van der Waals surface area contributed by atoms with Crippen molar-refractivity contribution in [2.45, 2.75) is 65.2 Å². The molecule has 0 aliphatic carbocycles. The molecule has 1 fully saturated rings. The van der Waals surface area contributed by atoms with Crippen molar-refractivity contribution in [1.82, 2.24) is 15.1 Å². The molecule has 1 amide bonds. The van der Waals surface area contributed by atoms with E-state index in [-0.39, 0.29) is 12.2 Å². The van der Waals surface area contributed by atoms with Crippen molar-refractivity contribution in [2.24, 2.45) is 0 Å². The Hall–Kier alpha value is -0.610. The maximum Gasteiger partial charge on any atom is 0.241 e. The van der Waals surface area contributed by atoms with E-state index >= 15 is 0 Å². The van der Waals surface area contributed by atoms with Gasteiger partial charge in [-0.2, -0.15) is 0 Å². The van der Waals surface area contributed by atoms with Gasteiger partial charge in [0.25, 0.3) is 0 Å². The predicted octanol–water partition coefficient (Wildman–Crippen LogP) is 1.66. The van der Waals surface area contributed by atoms with Crippen LogP contribution in [-0.4, -0.2) is 54.1 Å². The van der Waals surface area contributed by atoms with Crippen LogP contribution in [0.5, 0.6) is 0 Å². The number of amides is 1. The van der Waals surface area contributed by atoms with Gasteiger partial charge in [0.05, 0.1) is 12.2 Å². The highest BCUT2D eigenvalue weighted by Crippen LogP contribution is 2.16. The number of rotatable bonds is 7. The monoisotopic (exact) mass is 255 g/mol. The standard InChI is InChI=1S/C14H29N3O/c1-6-8-12-14(18)17(13(7-2)15-12)10-9-16(5)11(3)4/h11-13,15H,6-10H2,1-5H3. The zero-order chi connectivity index (χ0) is 13.7. The van der Waals surface area contributed by atoms with Crippen LogP contribution in [0.25, 0.3) is 0 Å². The van der Waals surface area contributed by atoms with Crippen molar-refractivity contribution < 1.29 is 4.79 Å². The van der Waals surface area contributed by atoms with Crippen LogP contribution in [0.4, 0.5) is 0 Å². The highest BCUT2D eigenvalue weighted by atomic mass is 16.2. The van der Waals surface area contributed by atoms with Crippen LogP contribution >= 0.6 is 0 Å². The van der Waals surface area contributed by atoms with Crippen molar-refractivity contribution in [3.63, 3.8) is 0 Å². The lowest BCUT2D eigenvalue weighted by molar-refractivity contribution is -0.130. The molecule has 18 heavy (non-hydrogen) atoms. The molecule has 1 rings (SSSR count). The first-order valence-corrected chi connectivity index (χ1v) is 7.28. The summed E-state index contributed by atoms with van der Waals surface area (Å²) in [7, 11) is 2.11. The van der Waals surface area contributed by atoms with Crippen LogP contribution in [0.2, 0.25) is 0 Å². The number of hydrogen-bond donors (Lipinski definition) is 1. The summed E-state index contributed by atoms with van der Waals surface area (Å²) in [5.74, 6) is 0.292. The Bertz CT molecular complexity index is 268. The minimum Gasteiger partial charge on any atom is -0.325 e. The van der Waals surface area contributed by atoms with E-state index < -0.39 is 0 Å². The van der Waals surface area contributed by atoms with Crippen molar-refractivity contribution in [2.75, 3.05) is 20.1 Å². The Kier molecular flexibility index (Phi) is 6.09. The van der Waals surface area contributed by atoms with E-state index in [2.05, 4.69) is 45.0 Å². The molecule has 0 spiro atoms. The molecule has 2 atom stereocenters. The van der Waals surface area contributed by atoms with E-state index in [1.165, 1.54) is 0 Å². The summed E-state index contributed by atoms with van der Waals surface area (Å²) >= 11 is 0. The van der Waals surface area contributed by atoms with Gasteiger partial charge in [0.2, 0.25) is 5.91 Å². The lowest BCUT2D eigenvalue weighted by atomic mass is 10.2. The fourth-order valence-corrected chi connectivity index (χ4v) is 2.37. The summed E-state index contributed by atoms with van der Waals surface area (Å²) < 4.78 is 0. The van der Waals surface area contributed by atoms with Gasteiger partial charge in [0.15, 0.2) is 0 Å². The molecule has 2 unspecified atom stereocenters. The minimum absolute atomic E-state index is 0.0457. The van der Waals surface area contributed by atoms with Gasteiger partial charge in [-0.05, 0) is 33.7 Å². The zero-order valence-electron chi connectivity index (χ0n) is 12.6. The van der Waals surface area contributed by atoms with E-state index in [1.54, 1.807) is 0 Å². The molecule has 0 aromatic carbocycles. The first kappa shape index (κ1) is 15.4. The van der Waals surface area contributed by atoms with Crippen molar-refractivity contribution in [3.8, 4) is 0 Å². The summed E-state index contributed by atoms with van der Waals surface area (Å²) in [4.78, 5) is 16.6. The average molecular weight is 255 g/mol. The molecule has 1 aliphatic rings. The zero-order valence-corrected chi connectivity index (χ0v) is 12.6. The van der Waals surface area contributed by atoms with Gasteiger partial charge in [0, 0.05) is 19.1 Å². The number of carbonyl (C=O) groups excluding carboxylic acids is 1. The van der Waals surface area contributed by atoms with Gasteiger partial charge in [-0.1, -0.05) is 20.3 Å². The molecular weight excluding hydrogens is 226 g/mol. The smallest absolute Gasteiger partial charge is 0.241 e. The number of nitrogens with one attached hydrogen (secondary N) is 1. The molecule has 4 nitrogen and oxygen atoms in total. The number of nitrogens with zero attached hydrogens (tertiary/aromatic N) is 2. The molecule has 0 aromatic heterocycles. The molecule has 0 radical (unpaired) electrons. The number of carbonyl (C=O) groups is 1. The third-order valence-corrected chi connectivity index (χ3v) is 3.89. The highest BCUT2D eigenvalue weighted by Gasteiger charge is 2.36. The van der Waals surface area contributed by atoms with E-state index in [1.807, 2.05) is 4.90 Å². The van der Waals surface area contributed by atoms with E-state index in [0.717, 1.165) is 32.4 Å². The van der Waals surface area contributed by atoms with Crippen LogP contribution in [0.15, 0.2) is 0 Å². The Morgan fingerprint density at radius 3 is 2.56 bits per heavy atom. The molecule has 4 heteroatoms. The van der Waals surface area contributed by atoms with Gasteiger partial charge in [-0.3, -0.25) is 10.1 Å². The topological polar surface area (TPSA) is 35.6 Å². The van der Waals surface area contributed by atoms with E-state index in [4.69, 9.17) is 0 Å². The molecule has 1 heterocycles. The normalized spacial score (nSPS) is 24.6. The van der Waals surface area contributed by atoms with Crippen LogP contribution < -0.4 is 5.32 Å². The molecule has 106 valence electrons. The molecule has 0 saturated carbocycles. The SMILES string of the molecule is CCCC1NC(CC)N(CCN(C)C(C)C)C1=O. The van der Waals surface area contributed by atoms with Crippen LogP contribution in [0.1, 0.15) is 47.0 Å². The van der Waals surface area contributed by atoms with Crippen LogP contribution in [-0.2, 0) is 4.79 Å². The number of likely N-dealkylation sites (N-methyl/N-ethyl adjacent to an activating group) is 1. The van der Waals surface area contributed by atoms with E-state index in [9.17, 15) is 4.79 Å². The maximum atomic E-state index is 12.3. The summed E-state index contributed by atoms with van der Waals surface area (Å²) in [6.45, 7) is 10.4. The molecule has 1 N–H and O–H groups in total. The lowest BCUT2D eigenvalue weighted by Gasteiger charge is -2.27. The lowest BCUT2D eigenvalue weighted by Crippen LogP contribution is -2.42. The van der Waals surface area contributed by atoms with Gasteiger partial charge in [-0.15, -0.1) is 0 Å². The second kappa shape index (κ2) is 7.10. The Morgan fingerprint density at radius 2 is 2.06 bits per heavy atom. The third-order valence-electron chi connectivity index (χ3n) is 3.89. The predicted molar refractivity (Wildman–Crippen MR) is 75.4 cm³/mol. The van der Waals surface area contributed by atoms with Crippen molar-refractivity contribution in [1.29, 1.82) is 0 Å². The molecule has 0 aromatic rings. The first-order chi connectivity index (χ1) is 8.51. The molecule has 1 aliphatic heterocycles. The summed E-state index contributed by atoms with van der Waals surface area (Å²) in [5.41, 5.74) is 0. The van der Waals surface area contributed by atoms with Gasteiger partial charge in [0.1, 0.15) is 0 Å². The largest absolute Gasteiger partial charge is 0.325 e. The summed E-state index contributed by atoms with van der Waals surface area (Å²) in [6.07, 6.45) is 3.22. The Morgan fingerprint density at radius 1 is 1.39 bits per heavy atom. The molecule has 0 bridgehead atoms. The summed E-state index contributed by atoms with van der Waals surface area (Å²) in [6, 6.07) is 0.575. The van der Waals surface area contributed by atoms with Gasteiger partial charge in [-0.25, -0.2) is 0 Å². The average Bonchev–Trinajstić information content (AvgIpc) is 2.63. The fraction of sp³-hybridized carbons (Fsp3) is 0.929. The van der Waals surface area contributed by atoms with Gasteiger partial charge >= 0.3 is 0 Å². The Balaban J connectivity index is 2.54. The second-order valence-electron chi connectivity index (χ2n) is 5.54. The molecular formula is C14H29N3O. The summed E-state index contributed by atoms with van der Waals surface area (Å²) in [5, 5.41) is 3.45. The third kappa shape index (κ3) is 3.69. The first-order valence-electron chi connectivity index (χ1n) is 7.28. The van der Waals surface area contributed by atoms with Crippen molar-refractivity contribution >= 4 is 5.91 Å². The van der Waals surface area contributed by atoms with Crippen molar-refractivity contribution in [3.05, 3.63) is 0 Å². The van der Waals surface area contributed by atoms with Crippen LogP contribution in [0, 0.1) is 0 Å². The quantitative estimate of drug-likeness (QED) is 0.751. The van der Waals surface area contributed by atoms with Gasteiger partial charge < -0.3 is 9.80 Å². The van der Waals surface area contributed by atoms with Crippen LogP contribution in [0.3, 0.4) is 0 Å².